The minimum Gasteiger partial charge on any atom is -0.358 e. The number of fused-ring (bicyclic) bond motifs is 2. The summed E-state index contributed by atoms with van der Waals surface area (Å²) >= 11 is 0. The lowest BCUT2D eigenvalue weighted by atomic mass is 9.82. The average Bonchev–Trinajstić information content (AvgIpc) is 2.71. The number of anilines is 1. The van der Waals surface area contributed by atoms with Crippen LogP contribution in [0.1, 0.15) is 38.3 Å². The number of hydrogen-bond acceptors (Lipinski definition) is 6. The van der Waals surface area contributed by atoms with Crippen LogP contribution in [0.15, 0.2) is 42.5 Å². The smallest absolute Gasteiger partial charge is 0.196 e. The van der Waals surface area contributed by atoms with Gasteiger partial charge in [0.1, 0.15) is 6.04 Å². The van der Waals surface area contributed by atoms with E-state index in [1.54, 1.807) is 36.4 Å². The number of carbonyl (C=O) groups excluding carboxylic acids is 3. The zero-order chi connectivity index (χ0) is 19.0. The maximum atomic E-state index is 13.2. The number of piperazine rings is 1. The predicted octanol–water partition coefficient (Wildman–Crippen LogP) is 1.16. The fourth-order valence-electron chi connectivity index (χ4n) is 3.96. The van der Waals surface area contributed by atoms with Crippen LogP contribution in [0.4, 0.5) is 5.69 Å². The van der Waals surface area contributed by atoms with Crippen molar-refractivity contribution in [3.63, 3.8) is 0 Å². The number of nitrogens with two attached hydrogens (primary N) is 1. The van der Waals surface area contributed by atoms with Crippen molar-refractivity contribution in [3.8, 4) is 0 Å². The van der Waals surface area contributed by atoms with Gasteiger partial charge in [-0.05, 0) is 12.6 Å². The van der Waals surface area contributed by atoms with Crippen LogP contribution in [0.2, 0.25) is 0 Å². The van der Waals surface area contributed by atoms with Crippen LogP contribution in [0.25, 0.3) is 0 Å². The molecule has 2 aromatic carbocycles. The van der Waals surface area contributed by atoms with Gasteiger partial charge in [-0.3, -0.25) is 14.4 Å². The van der Waals surface area contributed by atoms with Crippen molar-refractivity contribution < 1.29 is 14.4 Å². The van der Waals surface area contributed by atoms with Crippen molar-refractivity contribution in [1.29, 1.82) is 0 Å². The van der Waals surface area contributed by atoms with E-state index in [-0.39, 0.29) is 23.8 Å². The third-order valence-corrected chi connectivity index (χ3v) is 5.25. The number of hydrogen-bond donors (Lipinski definition) is 2. The molecule has 0 spiro atoms. The molecule has 0 radical (unpaired) electrons. The molecule has 3 N–H and O–H groups in total. The summed E-state index contributed by atoms with van der Waals surface area (Å²) < 4.78 is 0. The first-order valence-corrected chi connectivity index (χ1v) is 9.15. The molecule has 2 aromatic rings. The van der Waals surface area contributed by atoms with Crippen LogP contribution in [0.3, 0.4) is 0 Å². The Morgan fingerprint density at radius 2 is 1.74 bits per heavy atom. The molecule has 4 rings (SSSR count). The lowest BCUT2D eigenvalue weighted by Gasteiger charge is -2.38. The number of benzene rings is 2. The Morgan fingerprint density at radius 1 is 1.04 bits per heavy atom. The van der Waals surface area contributed by atoms with Gasteiger partial charge in [0.25, 0.3) is 0 Å². The summed E-state index contributed by atoms with van der Waals surface area (Å²) in [4.78, 5) is 40.7. The highest BCUT2D eigenvalue weighted by Crippen LogP contribution is 2.34. The van der Waals surface area contributed by atoms with E-state index in [4.69, 9.17) is 5.73 Å². The molecule has 1 fully saturated rings. The van der Waals surface area contributed by atoms with Gasteiger partial charge in [-0.2, -0.15) is 0 Å². The molecule has 0 bridgehead atoms. The van der Waals surface area contributed by atoms with E-state index in [1.807, 2.05) is 11.0 Å². The zero-order valence-electron chi connectivity index (χ0n) is 14.9. The molecule has 1 unspecified atom stereocenters. The lowest BCUT2D eigenvalue weighted by Crippen LogP contribution is -2.55. The zero-order valence-corrected chi connectivity index (χ0v) is 14.9. The van der Waals surface area contributed by atoms with Gasteiger partial charge in [0.2, 0.25) is 0 Å². The Kier molecular flexibility index (Phi) is 4.59. The van der Waals surface area contributed by atoms with Gasteiger partial charge < -0.3 is 16.0 Å². The highest BCUT2D eigenvalue weighted by molar-refractivity contribution is 6.30. The molecule has 0 saturated carbocycles. The number of nitrogens with zero attached hydrogens (tertiary/aromatic N) is 1. The molecule has 1 atom stereocenters. The second-order valence-corrected chi connectivity index (χ2v) is 6.82. The molecule has 1 aliphatic heterocycles. The molecular formula is C21H21N3O3. The van der Waals surface area contributed by atoms with Gasteiger partial charge in [0.05, 0.1) is 5.56 Å². The molecule has 6 heteroatoms. The first-order valence-electron chi connectivity index (χ1n) is 9.15. The number of Topliss-reactive ketones (excluding diaryl/α,β-unsaturated/α-hetero) is 1. The van der Waals surface area contributed by atoms with Crippen molar-refractivity contribution in [1.82, 2.24) is 5.32 Å². The van der Waals surface area contributed by atoms with Crippen LogP contribution < -0.4 is 16.0 Å². The molecule has 27 heavy (non-hydrogen) atoms. The third-order valence-electron chi connectivity index (χ3n) is 5.25. The van der Waals surface area contributed by atoms with E-state index >= 15 is 0 Å². The Hall–Kier alpha value is -2.83. The minimum absolute atomic E-state index is 0.0392. The van der Waals surface area contributed by atoms with Crippen LogP contribution in [0, 0.1) is 0 Å². The molecule has 1 heterocycles. The maximum absolute atomic E-state index is 13.2. The normalized spacial score (nSPS) is 18.9. The van der Waals surface area contributed by atoms with Crippen molar-refractivity contribution in [3.05, 3.63) is 64.7 Å². The molecule has 2 aliphatic rings. The molecule has 138 valence electrons. The van der Waals surface area contributed by atoms with E-state index in [0.29, 0.717) is 54.1 Å². The van der Waals surface area contributed by atoms with Crippen LogP contribution >= 0.6 is 0 Å². The molecule has 0 amide bonds. The van der Waals surface area contributed by atoms with Crippen LogP contribution in [-0.4, -0.2) is 49.6 Å². The summed E-state index contributed by atoms with van der Waals surface area (Å²) in [5.74, 6) is -0.279. The van der Waals surface area contributed by atoms with Gasteiger partial charge in [0.15, 0.2) is 17.3 Å². The maximum Gasteiger partial charge on any atom is 0.196 e. The van der Waals surface area contributed by atoms with Gasteiger partial charge in [-0.1, -0.05) is 36.4 Å². The number of rotatable bonds is 4. The van der Waals surface area contributed by atoms with Crippen molar-refractivity contribution >= 4 is 23.0 Å². The van der Waals surface area contributed by atoms with Gasteiger partial charge in [-0.15, -0.1) is 0 Å². The summed E-state index contributed by atoms with van der Waals surface area (Å²) in [5, 5.41) is 3.23. The quantitative estimate of drug-likeness (QED) is 0.723. The molecule has 1 aliphatic carbocycles. The first kappa shape index (κ1) is 17.6. The summed E-state index contributed by atoms with van der Waals surface area (Å²) in [6.45, 7) is 2.08. The number of nitrogens with one attached hydrogen (secondary N) is 1. The second kappa shape index (κ2) is 7.06. The first-order chi connectivity index (χ1) is 13.1. The Morgan fingerprint density at radius 3 is 2.48 bits per heavy atom. The number of ketones is 3. The SMILES string of the molecule is NCCC(=O)C1CNCCN1c1cccc2c1C(=O)c1ccccc1C2=O. The van der Waals surface area contributed by atoms with Crippen LogP contribution in [0.5, 0.6) is 0 Å². The second-order valence-electron chi connectivity index (χ2n) is 6.82. The Balaban J connectivity index is 1.83. The van der Waals surface area contributed by atoms with Gasteiger partial charge in [-0.25, -0.2) is 0 Å². The lowest BCUT2D eigenvalue weighted by molar-refractivity contribution is -0.120. The van der Waals surface area contributed by atoms with Crippen molar-refractivity contribution in [2.45, 2.75) is 12.5 Å². The van der Waals surface area contributed by atoms with Gasteiger partial charge in [0, 0.05) is 48.4 Å². The fourth-order valence-corrected chi connectivity index (χ4v) is 3.96. The van der Waals surface area contributed by atoms with E-state index in [2.05, 4.69) is 5.32 Å². The monoisotopic (exact) mass is 363 g/mol. The largest absolute Gasteiger partial charge is 0.358 e. The number of carbonyl (C=O) groups is 3. The van der Waals surface area contributed by atoms with E-state index in [9.17, 15) is 14.4 Å². The molecular weight excluding hydrogens is 342 g/mol. The molecule has 1 saturated heterocycles. The van der Waals surface area contributed by atoms with E-state index in [0.717, 1.165) is 0 Å². The van der Waals surface area contributed by atoms with Crippen molar-refractivity contribution in [2.24, 2.45) is 5.73 Å². The van der Waals surface area contributed by atoms with E-state index in [1.165, 1.54) is 0 Å². The topological polar surface area (TPSA) is 92.5 Å². The highest BCUT2D eigenvalue weighted by Gasteiger charge is 2.36. The Bertz CT molecular complexity index is 938. The minimum atomic E-state index is -0.395. The highest BCUT2D eigenvalue weighted by atomic mass is 16.1. The average molecular weight is 363 g/mol. The van der Waals surface area contributed by atoms with Gasteiger partial charge >= 0.3 is 0 Å². The summed E-state index contributed by atoms with van der Waals surface area (Å²) in [6.07, 6.45) is 0.285. The molecule has 6 nitrogen and oxygen atoms in total. The summed E-state index contributed by atoms with van der Waals surface area (Å²) in [5.41, 5.74) is 7.87. The molecule has 0 aromatic heterocycles. The third kappa shape index (κ3) is 2.87. The van der Waals surface area contributed by atoms with Crippen LogP contribution in [-0.2, 0) is 4.79 Å². The fraction of sp³-hybridized carbons (Fsp3) is 0.286. The Labute approximate surface area is 157 Å². The van der Waals surface area contributed by atoms with E-state index < -0.39 is 6.04 Å². The summed E-state index contributed by atoms with van der Waals surface area (Å²) in [6, 6.07) is 11.8. The standard InChI is InChI=1S/C21H21N3O3/c22-9-8-18(25)17-12-23-10-11-24(17)16-7-3-6-15-19(16)21(27)14-5-2-1-4-13(14)20(15)26/h1-7,17,23H,8-12,22H2. The van der Waals surface area contributed by atoms with Crippen molar-refractivity contribution in [2.75, 3.05) is 31.1 Å². The summed E-state index contributed by atoms with van der Waals surface area (Å²) in [7, 11) is 0. The predicted molar refractivity (Wildman–Crippen MR) is 102 cm³/mol.